The van der Waals surface area contributed by atoms with Gasteiger partial charge in [0.1, 0.15) is 5.60 Å². The molecule has 0 radical (unpaired) electrons. The van der Waals surface area contributed by atoms with Crippen molar-refractivity contribution >= 4 is 6.09 Å². The molecule has 1 aliphatic carbocycles. The first kappa shape index (κ1) is 14.3. The van der Waals surface area contributed by atoms with Crippen LogP contribution in [0.4, 0.5) is 4.79 Å². The van der Waals surface area contributed by atoms with Gasteiger partial charge in [-0.15, -0.1) is 0 Å². The number of hydrogen-bond donors (Lipinski definition) is 2. The zero-order valence-corrected chi connectivity index (χ0v) is 11.5. The van der Waals surface area contributed by atoms with Crippen LogP contribution in [0.3, 0.4) is 0 Å². The van der Waals surface area contributed by atoms with E-state index >= 15 is 0 Å². The Hall–Kier alpha value is -0.770. The molecule has 2 atom stereocenters. The summed E-state index contributed by atoms with van der Waals surface area (Å²) in [5.41, 5.74) is -1.12. The number of alkyl carbamates (subject to hydrolysis) is 1. The summed E-state index contributed by atoms with van der Waals surface area (Å²) in [4.78, 5) is 11.6. The maximum Gasteiger partial charge on any atom is 0.407 e. The third kappa shape index (κ3) is 4.94. The van der Waals surface area contributed by atoms with Gasteiger partial charge in [0.25, 0.3) is 0 Å². The van der Waals surface area contributed by atoms with Crippen LogP contribution in [0.5, 0.6) is 0 Å². The second-order valence-corrected chi connectivity index (χ2v) is 6.51. The highest BCUT2D eigenvalue weighted by molar-refractivity contribution is 5.68. The lowest BCUT2D eigenvalue weighted by molar-refractivity contribution is 0.0180. The van der Waals surface area contributed by atoms with Crippen LogP contribution in [0.15, 0.2) is 0 Å². The van der Waals surface area contributed by atoms with E-state index in [-0.39, 0.29) is 18.1 Å². The van der Waals surface area contributed by atoms with E-state index in [4.69, 9.17) is 4.74 Å². The fourth-order valence-corrected chi connectivity index (χ4v) is 2.23. The van der Waals surface area contributed by atoms with Gasteiger partial charge in [0.2, 0.25) is 0 Å². The zero-order valence-electron chi connectivity index (χ0n) is 11.5. The largest absolute Gasteiger partial charge is 0.444 e. The van der Waals surface area contributed by atoms with Gasteiger partial charge >= 0.3 is 6.09 Å². The molecule has 4 heteroatoms. The van der Waals surface area contributed by atoms with Gasteiger partial charge in [-0.1, -0.05) is 0 Å². The molecule has 0 aromatic rings. The van der Waals surface area contributed by atoms with Crippen LogP contribution in [-0.2, 0) is 4.74 Å². The summed E-state index contributed by atoms with van der Waals surface area (Å²) in [6.07, 6.45) is 2.32. The molecule has 0 aliphatic heterocycles. The molecular formula is C13H25NO3. The molecule has 4 nitrogen and oxygen atoms in total. The van der Waals surface area contributed by atoms with Crippen molar-refractivity contribution in [1.82, 2.24) is 5.32 Å². The Morgan fingerprint density at radius 3 is 2.24 bits per heavy atom. The molecule has 1 amide bonds. The summed E-state index contributed by atoms with van der Waals surface area (Å²) in [7, 11) is 0. The molecule has 0 bridgehead atoms. The van der Waals surface area contributed by atoms with E-state index in [9.17, 15) is 9.90 Å². The number of hydrogen-bond acceptors (Lipinski definition) is 3. The molecule has 1 rings (SSSR count). The van der Waals surface area contributed by atoms with Crippen molar-refractivity contribution < 1.29 is 14.6 Å². The van der Waals surface area contributed by atoms with Gasteiger partial charge in [-0.05, 0) is 59.8 Å². The standard InChI is InChI=1S/C13H25NO3/c1-12(2,3)17-11(15)14-10-7-6-9(8-10)13(4,5)16/h9-10,16H,6-8H2,1-5H3,(H,14,15)/t9-,10-/m0/s1. The van der Waals surface area contributed by atoms with Gasteiger partial charge in [-0.25, -0.2) is 4.79 Å². The Bertz CT molecular complexity index is 275. The minimum atomic E-state index is -0.662. The minimum absolute atomic E-state index is 0.126. The average molecular weight is 243 g/mol. The molecule has 2 N–H and O–H groups in total. The second-order valence-electron chi connectivity index (χ2n) is 6.51. The van der Waals surface area contributed by atoms with Crippen molar-refractivity contribution in [1.29, 1.82) is 0 Å². The smallest absolute Gasteiger partial charge is 0.407 e. The highest BCUT2D eigenvalue weighted by atomic mass is 16.6. The fraction of sp³-hybridized carbons (Fsp3) is 0.923. The Labute approximate surface area is 104 Å². The molecular weight excluding hydrogens is 218 g/mol. The van der Waals surface area contributed by atoms with Crippen LogP contribution in [0.2, 0.25) is 0 Å². The van der Waals surface area contributed by atoms with E-state index in [0.717, 1.165) is 19.3 Å². The lowest BCUT2D eigenvalue weighted by atomic mass is 9.90. The molecule has 100 valence electrons. The van der Waals surface area contributed by atoms with Gasteiger partial charge in [0.05, 0.1) is 5.60 Å². The fourth-order valence-electron chi connectivity index (χ4n) is 2.23. The number of aliphatic hydroxyl groups is 1. The van der Waals surface area contributed by atoms with Gasteiger partial charge in [-0.3, -0.25) is 0 Å². The van der Waals surface area contributed by atoms with Gasteiger partial charge in [0, 0.05) is 6.04 Å². The Balaban J connectivity index is 2.38. The van der Waals surface area contributed by atoms with Crippen LogP contribution in [0, 0.1) is 5.92 Å². The van der Waals surface area contributed by atoms with Crippen molar-refractivity contribution in [3.05, 3.63) is 0 Å². The molecule has 1 aliphatic rings. The highest BCUT2D eigenvalue weighted by Crippen LogP contribution is 2.34. The predicted molar refractivity (Wildman–Crippen MR) is 66.8 cm³/mol. The van der Waals surface area contributed by atoms with E-state index < -0.39 is 11.2 Å². The molecule has 0 aromatic heterocycles. The van der Waals surface area contributed by atoms with Crippen molar-refractivity contribution in [3.8, 4) is 0 Å². The highest BCUT2D eigenvalue weighted by Gasteiger charge is 2.35. The first-order valence-corrected chi connectivity index (χ1v) is 6.30. The van der Waals surface area contributed by atoms with E-state index in [1.165, 1.54) is 0 Å². The average Bonchev–Trinajstić information content (AvgIpc) is 2.47. The number of nitrogens with one attached hydrogen (secondary N) is 1. The molecule has 0 unspecified atom stereocenters. The summed E-state index contributed by atoms with van der Waals surface area (Å²) >= 11 is 0. The maximum absolute atomic E-state index is 11.6. The van der Waals surface area contributed by atoms with Crippen LogP contribution in [0.25, 0.3) is 0 Å². The van der Waals surface area contributed by atoms with Gasteiger partial charge in [-0.2, -0.15) is 0 Å². The quantitative estimate of drug-likeness (QED) is 0.783. The van der Waals surface area contributed by atoms with Gasteiger partial charge < -0.3 is 15.2 Å². The minimum Gasteiger partial charge on any atom is -0.444 e. The first-order valence-electron chi connectivity index (χ1n) is 6.30. The summed E-state index contributed by atoms with van der Waals surface area (Å²) in [6, 6.07) is 0.126. The van der Waals surface area contributed by atoms with Crippen molar-refractivity contribution in [2.24, 2.45) is 5.92 Å². The van der Waals surface area contributed by atoms with Crippen LogP contribution in [0.1, 0.15) is 53.9 Å². The monoisotopic (exact) mass is 243 g/mol. The number of carbonyl (C=O) groups excluding carboxylic acids is 1. The third-order valence-electron chi connectivity index (χ3n) is 3.15. The number of rotatable bonds is 2. The Kier molecular flexibility index (Phi) is 4.07. The van der Waals surface area contributed by atoms with Crippen LogP contribution >= 0.6 is 0 Å². The van der Waals surface area contributed by atoms with Crippen molar-refractivity contribution in [2.45, 2.75) is 71.1 Å². The first-order chi connectivity index (χ1) is 7.58. The van der Waals surface area contributed by atoms with E-state index in [1.54, 1.807) is 0 Å². The van der Waals surface area contributed by atoms with E-state index in [0.29, 0.717) is 0 Å². The molecule has 1 saturated carbocycles. The summed E-state index contributed by atoms with van der Waals surface area (Å²) in [5.74, 6) is 0.252. The summed E-state index contributed by atoms with van der Waals surface area (Å²) in [6.45, 7) is 9.20. The number of amides is 1. The zero-order chi connectivity index (χ0) is 13.3. The van der Waals surface area contributed by atoms with E-state index in [1.807, 2.05) is 34.6 Å². The van der Waals surface area contributed by atoms with Crippen LogP contribution in [-0.4, -0.2) is 28.4 Å². The summed E-state index contributed by atoms with van der Waals surface area (Å²) in [5, 5.41) is 12.8. The molecule has 0 aromatic carbocycles. The Morgan fingerprint density at radius 1 is 1.24 bits per heavy atom. The lowest BCUT2D eigenvalue weighted by Gasteiger charge is -2.26. The summed E-state index contributed by atoms with van der Waals surface area (Å²) < 4.78 is 5.21. The molecule has 1 fully saturated rings. The van der Waals surface area contributed by atoms with Gasteiger partial charge in [0.15, 0.2) is 0 Å². The molecule has 0 saturated heterocycles. The van der Waals surface area contributed by atoms with Crippen molar-refractivity contribution in [3.63, 3.8) is 0 Å². The molecule has 0 heterocycles. The maximum atomic E-state index is 11.6. The van der Waals surface area contributed by atoms with E-state index in [2.05, 4.69) is 5.32 Å². The molecule has 17 heavy (non-hydrogen) atoms. The lowest BCUT2D eigenvalue weighted by Crippen LogP contribution is -2.38. The predicted octanol–water partition coefficient (Wildman–Crippen LogP) is 2.45. The number of ether oxygens (including phenoxy) is 1. The normalized spacial score (nSPS) is 25.8. The second kappa shape index (κ2) is 4.84. The molecule has 0 spiro atoms. The van der Waals surface area contributed by atoms with Crippen molar-refractivity contribution in [2.75, 3.05) is 0 Å². The SMILES string of the molecule is CC(C)(C)OC(=O)N[C@H]1CC[C@H](C(C)(C)O)C1. The third-order valence-corrected chi connectivity index (χ3v) is 3.15. The Morgan fingerprint density at radius 2 is 1.82 bits per heavy atom. The number of carbonyl (C=O) groups is 1. The topological polar surface area (TPSA) is 58.6 Å². The van der Waals surface area contributed by atoms with Crippen LogP contribution < -0.4 is 5.32 Å².